The van der Waals surface area contributed by atoms with Crippen LogP contribution >= 0.6 is 0 Å². The fourth-order valence-corrected chi connectivity index (χ4v) is 1.24. The van der Waals surface area contributed by atoms with Gasteiger partial charge in [-0.15, -0.1) is 0 Å². The summed E-state index contributed by atoms with van der Waals surface area (Å²) in [6.45, 7) is 0. The molecule has 0 atom stereocenters. The number of nitrogen functional groups attached to an aromatic ring is 1. The second kappa shape index (κ2) is 2.94. The molecular weight excluding hydrogens is 164 g/mol. The van der Waals surface area contributed by atoms with Crippen molar-refractivity contribution >= 4 is 16.6 Å². The van der Waals surface area contributed by atoms with E-state index >= 15 is 0 Å². The van der Waals surface area contributed by atoms with Gasteiger partial charge in [0.15, 0.2) is 0 Å². The number of methoxy groups -OCH3 is 1. The van der Waals surface area contributed by atoms with Gasteiger partial charge in [0.2, 0.25) is 0 Å². The summed E-state index contributed by atoms with van der Waals surface area (Å²) in [7, 11) is 1.62. The largest absolute Gasteiger partial charge is 0.495 e. The Labute approximate surface area is 76.2 Å². The van der Waals surface area contributed by atoms with Crippen molar-refractivity contribution in [3.8, 4) is 5.75 Å². The Morgan fingerprint density at radius 1 is 1.31 bits per heavy atom. The summed E-state index contributed by atoms with van der Waals surface area (Å²) in [6, 6.07) is 7.52. The maximum absolute atomic E-state index is 5.65. The molecule has 2 aromatic rings. The molecule has 0 bridgehead atoms. The minimum absolute atomic E-state index is 0.738. The summed E-state index contributed by atoms with van der Waals surface area (Å²) in [4.78, 5) is 4.21. The van der Waals surface area contributed by atoms with Gasteiger partial charge in [0.1, 0.15) is 5.75 Å². The van der Waals surface area contributed by atoms with Crippen LogP contribution < -0.4 is 10.5 Å². The molecule has 66 valence electrons. The van der Waals surface area contributed by atoms with E-state index in [0.29, 0.717) is 0 Å². The fraction of sp³-hybridized carbons (Fsp3) is 0.100. The van der Waals surface area contributed by atoms with Crippen LogP contribution in [0.2, 0.25) is 0 Å². The predicted octanol–water partition coefficient (Wildman–Crippen LogP) is 1.83. The maximum atomic E-state index is 5.65. The molecule has 1 aromatic carbocycles. The van der Waals surface area contributed by atoms with Crippen molar-refractivity contribution in [1.29, 1.82) is 0 Å². The summed E-state index contributed by atoms with van der Waals surface area (Å²) < 4.78 is 5.06. The molecule has 0 aliphatic heterocycles. The first-order chi connectivity index (χ1) is 6.29. The van der Waals surface area contributed by atoms with Gasteiger partial charge in [-0.2, -0.15) is 0 Å². The molecule has 0 fully saturated rings. The van der Waals surface area contributed by atoms with Crippen LogP contribution in [0.3, 0.4) is 0 Å². The fourth-order valence-electron chi connectivity index (χ4n) is 1.24. The average molecular weight is 174 g/mol. The normalized spacial score (nSPS) is 10.2. The lowest BCUT2D eigenvalue weighted by molar-refractivity contribution is 0.414. The second-order valence-corrected chi connectivity index (χ2v) is 2.83. The van der Waals surface area contributed by atoms with Crippen LogP contribution in [0.4, 0.5) is 5.69 Å². The molecule has 3 heteroatoms. The van der Waals surface area contributed by atoms with Crippen LogP contribution in [0.25, 0.3) is 10.9 Å². The molecule has 0 aliphatic rings. The average Bonchev–Trinajstić information content (AvgIpc) is 2.16. The first-order valence-corrected chi connectivity index (χ1v) is 3.99. The van der Waals surface area contributed by atoms with Crippen LogP contribution in [0.15, 0.2) is 30.5 Å². The number of benzene rings is 1. The number of anilines is 1. The molecule has 0 saturated carbocycles. The highest BCUT2D eigenvalue weighted by Crippen LogP contribution is 2.19. The molecule has 0 amide bonds. The standard InChI is InChI=1S/C10H10N2O/c1-13-9-5-7-4-8(11)2-3-10(7)12-6-9/h2-6H,11H2,1H3. The highest BCUT2D eigenvalue weighted by molar-refractivity contribution is 5.82. The second-order valence-electron chi connectivity index (χ2n) is 2.83. The van der Waals surface area contributed by atoms with Crippen molar-refractivity contribution in [2.45, 2.75) is 0 Å². The molecule has 0 radical (unpaired) electrons. The number of fused-ring (bicyclic) bond motifs is 1. The van der Waals surface area contributed by atoms with Crippen molar-refractivity contribution in [3.63, 3.8) is 0 Å². The predicted molar refractivity (Wildman–Crippen MR) is 52.7 cm³/mol. The Bertz CT molecular complexity index is 440. The molecular formula is C10H10N2O. The SMILES string of the molecule is COc1cnc2ccc(N)cc2c1. The molecule has 0 aliphatic carbocycles. The van der Waals surface area contributed by atoms with Crippen LogP contribution in [-0.2, 0) is 0 Å². The number of nitrogens with two attached hydrogens (primary N) is 1. The smallest absolute Gasteiger partial charge is 0.137 e. The zero-order chi connectivity index (χ0) is 9.26. The molecule has 3 nitrogen and oxygen atoms in total. The number of ether oxygens (including phenoxy) is 1. The van der Waals surface area contributed by atoms with Gasteiger partial charge in [-0.25, -0.2) is 0 Å². The molecule has 1 aromatic heterocycles. The lowest BCUT2D eigenvalue weighted by Crippen LogP contribution is -1.87. The van der Waals surface area contributed by atoms with E-state index in [4.69, 9.17) is 10.5 Å². The van der Waals surface area contributed by atoms with E-state index in [1.54, 1.807) is 13.3 Å². The van der Waals surface area contributed by atoms with Crippen LogP contribution in [0, 0.1) is 0 Å². The van der Waals surface area contributed by atoms with Gasteiger partial charge in [-0.05, 0) is 24.3 Å². The quantitative estimate of drug-likeness (QED) is 0.671. The molecule has 0 spiro atoms. The Hall–Kier alpha value is -1.77. The monoisotopic (exact) mass is 174 g/mol. The number of pyridine rings is 1. The third kappa shape index (κ3) is 1.40. The number of rotatable bonds is 1. The number of nitrogens with zero attached hydrogens (tertiary/aromatic N) is 1. The van der Waals surface area contributed by atoms with E-state index < -0.39 is 0 Å². The van der Waals surface area contributed by atoms with Crippen molar-refractivity contribution in [1.82, 2.24) is 4.98 Å². The van der Waals surface area contributed by atoms with Crippen molar-refractivity contribution < 1.29 is 4.74 Å². The van der Waals surface area contributed by atoms with E-state index in [1.807, 2.05) is 24.3 Å². The minimum Gasteiger partial charge on any atom is -0.495 e. The maximum Gasteiger partial charge on any atom is 0.137 e. The third-order valence-corrected chi connectivity index (χ3v) is 1.92. The summed E-state index contributed by atoms with van der Waals surface area (Å²) >= 11 is 0. The lowest BCUT2D eigenvalue weighted by Gasteiger charge is -2.01. The van der Waals surface area contributed by atoms with Gasteiger partial charge in [0.05, 0.1) is 18.8 Å². The van der Waals surface area contributed by atoms with E-state index in [9.17, 15) is 0 Å². The van der Waals surface area contributed by atoms with E-state index in [-0.39, 0.29) is 0 Å². The Balaban J connectivity index is 2.68. The third-order valence-electron chi connectivity index (χ3n) is 1.92. The number of hydrogen-bond donors (Lipinski definition) is 1. The molecule has 0 saturated heterocycles. The molecule has 2 N–H and O–H groups in total. The Morgan fingerprint density at radius 3 is 2.92 bits per heavy atom. The van der Waals surface area contributed by atoms with Gasteiger partial charge in [-0.3, -0.25) is 4.98 Å². The van der Waals surface area contributed by atoms with E-state index in [2.05, 4.69) is 4.98 Å². The van der Waals surface area contributed by atoms with E-state index in [0.717, 1.165) is 22.3 Å². The number of hydrogen-bond acceptors (Lipinski definition) is 3. The molecule has 2 rings (SSSR count). The zero-order valence-corrected chi connectivity index (χ0v) is 7.32. The lowest BCUT2D eigenvalue weighted by atomic mass is 10.2. The first-order valence-electron chi connectivity index (χ1n) is 3.99. The topological polar surface area (TPSA) is 48.1 Å². The van der Waals surface area contributed by atoms with Crippen molar-refractivity contribution in [2.75, 3.05) is 12.8 Å². The zero-order valence-electron chi connectivity index (χ0n) is 7.32. The van der Waals surface area contributed by atoms with Gasteiger partial charge < -0.3 is 10.5 Å². The summed E-state index contributed by atoms with van der Waals surface area (Å²) in [5.74, 6) is 0.748. The van der Waals surface area contributed by atoms with Gasteiger partial charge in [0, 0.05) is 11.1 Å². The Morgan fingerprint density at radius 2 is 2.15 bits per heavy atom. The summed E-state index contributed by atoms with van der Waals surface area (Å²) in [5, 5.41) is 0.999. The molecule has 0 unspecified atom stereocenters. The Kier molecular flexibility index (Phi) is 1.77. The van der Waals surface area contributed by atoms with Gasteiger partial charge in [-0.1, -0.05) is 0 Å². The first kappa shape index (κ1) is 7.86. The molecule has 13 heavy (non-hydrogen) atoms. The van der Waals surface area contributed by atoms with Gasteiger partial charge in [0.25, 0.3) is 0 Å². The van der Waals surface area contributed by atoms with Crippen molar-refractivity contribution in [2.24, 2.45) is 0 Å². The highest BCUT2D eigenvalue weighted by Gasteiger charge is 1.97. The minimum atomic E-state index is 0.738. The molecule has 1 heterocycles. The summed E-state index contributed by atoms with van der Waals surface area (Å²) in [6.07, 6.45) is 1.69. The van der Waals surface area contributed by atoms with Crippen molar-refractivity contribution in [3.05, 3.63) is 30.5 Å². The summed E-state index contributed by atoms with van der Waals surface area (Å²) in [5.41, 5.74) is 7.31. The number of aromatic nitrogens is 1. The van der Waals surface area contributed by atoms with Crippen LogP contribution in [-0.4, -0.2) is 12.1 Å². The van der Waals surface area contributed by atoms with Crippen LogP contribution in [0.5, 0.6) is 5.75 Å². The van der Waals surface area contributed by atoms with Crippen LogP contribution in [0.1, 0.15) is 0 Å². The highest BCUT2D eigenvalue weighted by atomic mass is 16.5. The van der Waals surface area contributed by atoms with E-state index in [1.165, 1.54) is 0 Å². The van der Waals surface area contributed by atoms with Gasteiger partial charge >= 0.3 is 0 Å².